The number of benzene rings is 9. The summed E-state index contributed by atoms with van der Waals surface area (Å²) in [6.45, 7) is 0. The van der Waals surface area contributed by atoms with E-state index in [-0.39, 0.29) is 0 Å². The molecule has 3 heterocycles. The zero-order valence-corrected chi connectivity index (χ0v) is 31.5. The third-order valence-corrected chi connectivity index (χ3v) is 11.3. The van der Waals surface area contributed by atoms with Gasteiger partial charge in [0.2, 0.25) is 0 Å². The van der Waals surface area contributed by atoms with E-state index in [1.165, 1.54) is 10.8 Å². The molecule has 0 atom stereocenters. The van der Waals surface area contributed by atoms with Crippen LogP contribution in [-0.2, 0) is 0 Å². The Morgan fingerprint density at radius 3 is 1.42 bits per heavy atom. The summed E-state index contributed by atoms with van der Waals surface area (Å²) in [5.41, 5.74) is 6.43. The molecule has 0 saturated carbocycles. The molecule has 0 spiro atoms. The van der Waals surface area contributed by atoms with Gasteiger partial charge in [0.25, 0.3) is 0 Å². The van der Waals surface area contributed by atoms with E-state index in [2.05, 4.69) is 133 Å². The smallest absolute Gasteiger partial charge is 0.182 e. The molecule has 3 aromatic heterocycles. The van der Waals surface area contributed by atoms with E-state index in [1.807, 2.05) is 54.6 Å². The average Bonchev–Trinajstić information content (AvgIpc) is 3.70. The quantitative estimate of drug-likeness (QED) is 0.163. The monoisotopic (exact) mass is 753 g/mol. The van der Waals surface area contributed by atoms with Crippen LogP contribution in [0.2, 0.25) is 0 Å². The minimum absolute atomic E-state index is 0.442. The maximum Gasteiger partial charge on any atom is 0.182 e. The second-order valence-corrected chi connectivity index (χ2v) is 14.8. The summed E-state index contributed by atoms with van der Waals surface area (Å²) in [4.78, 5) is 26.4. The van der Waals surface area contributed by atoms with Gasteiger partial charge in [-0.1, -0.05) is 158 Å². The topological polar surface area (TPSA) is 77.6 Å². The normalized spacial score (nSPS) is 11.7. The lowest BCUT2D eigenvalue weighted by molar-refractivity contribution is 0.670. The van der Waals surface area contributed by atoms with Crippen LogP contribution < -0.4 is 0 Å². The third-order valence-electron chi connectivity index (χ3n) is 11.3. The molecule has 0 saturated heterocycles. The molecule has 9 aromatic carbocycles. The molecule has 0 N–H and O–H groups in total. The van der Waals surface area contributed by atoms with Gasteiger partial charge in [0.15, 0.2) is 23.3 Å². The summed E-state index contributed by atoms with van der Waals surface area (Å²) in [5.74, 6) is 2.12. The molecule has 6 heteroatoms. The van der Waals surface area contributed by atoms with Crippen molar-refractivity contribution in [1.29, 1.82) is 0 Å². The van der Waals surface area contributed by atoms with Crippen molar-refractivity contribution in [2.75, 3.05) is 0 Å². The first kappa shape index (κ1) is 33.1. The molecule has 59 heavy (non-hydrogen) atoms. The van der Waals surface area contributed by atoms with E-state index < -0.39 is 0 Å². The summed E-state index contributed by atoms with van der Waals surface area (Å²) >= 11 is 0. The maximum absolute atomic E-state index is 6.53. The van der Waals surface area contributed by atoms with E-state index in [1.54, 1.807) is 0 Å². The number of fused-ring (bicyclic) bond motifs is 9. The molecule has 12 rings (SSSR count). The first-order valence-electron chi connectivity index (χ1n) is 19.7. The zero-order valence-electron chi connectivity index (χ0n) is 31.5. The van der Waals surface area contributed by atoms with Crippen molar-refractivity contribution in [3.63, 3.8) is 0 Å². The molecular formula is C53H31N5O. The van der Waals surface area contributed by atoms with Crippen LogP contribution in [0, 0.1) is 0 Å². The van der Waals surface area contributed by atoms with E-state index in [9.17, 15) is 0 Å². The van der Waals surface area contributed by atoms with Gasteiger partial charge in [-0.15, -0.1) is 0 Å². The molecule has 274 valence electrons. The molecule has 0 aliphatic rings. The van der Waals surface area contributed by atoms with Crippen LogP contribution in [0.1, 0.15) is 0 Å². The second-order valence-electron chi connectivity index (χ2n) is 14.8. The molecule has 0 amide bonds. The molecular weight excluding hydrogens is 723 g/mol. The van der Waals surface area contributed by atoms with Crippen molar-refractivity contribution in [1.82, 2.24) is 24.9 Å². The predicted molar refractivity (Wildman–Crippen MR) is 240 cm³/mol. The van der Waals surface area contributed by atoms with Crippen LogP contribution >= 0.6 is 0 Å². The predicted octanol–water partition coefficient (Wildman–Crippen LogP) is 13.5. The lowest BCUT2D eigenvalue weighted by atomic mass is 9.96. The summed E-state index contributed by atoms with van der Waals surface area (Å²) < 4.78 is 6.53. The number of hydrogen-bond donors (Lipinski definition) is 0. The minimum atomic E-state index is 0.442. The van der Waals surface area contributed by atoms with Crippen molar-refractivity contribution in [2.24, 2.45) is 0 Å². The van der Waals surface area contributed by atoms with Gasteiger partial charge in [0.05, 0.1) is 5.69 Å². The molecule has 0 radical (unpaired) electrons. The summed E-state index contributed by atoms with van der Waals surface area (Å²) in [6.07, 6.45) is 0. The van der Waals surface area contributed by atoms with Gasteiger partial charge in [-0.2, -0.15) is 0 Å². The van der Waals surface area contributed by atoms with E-state index >= 15 is 0 Å². The fourth-order valence-corrected chi connectivity index (χ4v) is 8.57. The van der Waals surface area contributed by atoms with Gasteiger partial charge in [0, 0.05) is 33.0 Å². The minimum Gasteiger partial charge on any atom is -0.455 e. The molecule has 0 bridgehead atoms. The highest BCUT2D eigenvalue weighted by Crippen LogP contribution is 2.40. The second kappa shape index (κ2) is 13.3. The van der Waals surface area contributed by atoms with Crippen molar-refractivity contribution in [3.8, 4) is 56.9 Å². The fourth-order valence-electron chi connectivity index (χ4n) is 8.57. The van der Waals surface area contributed by atoms with Crippen LogP contribution in [0.5, 0.6) is 0 Å². The summed E-state index contributed by atoms with van der Waals surface area (Å²) in [7, 11) is 0. The number of nitrogens with zero attached hydrogens (tertiary/aromatic N) is 5. The Hall–Kier alpha value is -8.09. The molecule has 12 aromatic rings. The van der Waals surface area contributed by atoms with Crippen LogP contribution in [0.15, 0.2) is 192 Å². The Morgan fingerprint density at radius 2 is 0.780 bits per heavy atom. The molecule has 0 fully saturated rings. The average molecular weight is 754 g/mol. The first-order chi connectivity index (χ1) is 29.2. The van der Waals surface area contributed by atoms with Crippen LogP contribution in [0.25, 0.3) is 122 Å². The van der Waals surface area contributed by atoms with Crippen LogP contribution in [0.4, 0.5) is 0 Å². The van der Waals surface area contributed by atoms with Gasteiger partial charge in [-0.3, -0.25) is 0 Å². The summed E-state index contributed by atoms with van der Waals surface area (Å²) in [5, 5.41) is 11.0. The number of aromatic nitrogens is 5. The Morgan fingerprint density at radius 1 is 0.288 bits per heavy atom. The molecule has 0 aliphatic carbocycles. The molecule has 0 unspecified atom stereocenters. The van der Waals surface area contributed by atoms with Gasteiger partial charge in [-0.05, 0) is 73.4 Å². The lowest BCUT2D eigenvalue weighted by Crippen LogP contribution is -2.04. The molecule has 0 aliphatic heterocycles. The Kier molecular flexibility index (Phi) is 7.43. The van der Waals surface area contributed by atoms with Crippen LogP contribution in [0.3, 0.4) is 0 Å². The van der Waals surface area contributed by atoms with E-state index in [0.717, 1.165) is 76.5 Å². The Labute approximate surface area is 338 Å². The largest absolute Gasteiger partial charge is 0.455 e. The number of hydrogen-bond acceptors (Lipinski definition) is 6. The highest BCUT2D eigenvalue weighted by molar-refractivity contribution is 6.15. The highest BCUT2D eigenvalue weighted by Gasteiger charge is 2.21. The highest BCUT2D eigenvalue weighted by atomic mass is 16.3. The fraction of sp³-hybridized carbons (Fsp3) is 0. The number of rotatable bonds is 5. The molecule has 6 nitrogen and oxygen atoms in total. The third kappa shape index (κ3) is 5.46. The lowest BCUT2D eigenvalue weighted by Gasteiger charge is -2.14. The van der Waals surface area contributed by atoms with E-state index in [4.69, 9.17) is 29.3 Å². The van der Waals surface area contributed by atoms with Crippen molar-refractivity contribution in [2.45, 2.75) is 0 Å². The SMILES string of the molecule is c1ccc(-c2nc(-c3nc(-c4cc5ccccc5c5ccccc45)nc(-c4cc5ccccc5c5ccccc45)n3)cc(-c3cccc4c3oc3ccccc34)n2)cc1. The summed E-state index contributed by atoms with van der Waals surface area (Å²) in [6, 6.07) is 64.6. The van der Waals surface area contributed by atoms with Crippen molar-refractivity contribution < 1.29 is 4.42 Å². The van der Waals surface area contributed by atoms with Gasteiger partial charge < -0.3 is 4.42 Å². The maximum atomic E-state index is 6.53. The van der Waals surface area contributed by atoms with Gasteiger partial charge in [0.1, 0.15) is 16.9 Å². The Balaban J connectivity index is 1.17. The van der Waals surface area contributed by atoms with Crippen molar-refractivity contribution >= 4 is 65.0 Å². The Bertz CT molecular complexity index is 3500. The zero-order chi connectivity index (χ0) is 38.9. The van der Waals surface area contributed by atoms with Gasteiger partial charge >= 0.3 is 0 Å². The van der Waals surface area contributed by atoms with Crippen molar-refractivity contribution in [3.05, 3.63) is 188 Å². The number of para-hydroxylation sites is 2. The van der Waals surface area contributed by atoms with Crippen LogP contribution in [-0.4, -0.2) is 24.9 Å². The first-order valence-corrected chi connectivity index (χ1v) is 19.7. The van der Waals surface area contributed by atoms with Gasteiger partial charge in [-0.25, -0.2) is 24.9 Å². The number of furan rings is 1. The van der Waals surface area contributed by atoms with E-state index in [0.29, 0.717) is 34.7 Å². The standard InChI is InChI=1S/C53H31N5O/c1-2-15-32(16-3-1)50-54-46(43-27-14-26-42-41-25-12-13-28-48(41)59-49(42)43)31-47(55-50)53-57-51(44-29-33-17-4-6-19-35(33)37-21-8-10-23-39(37)44)56-52(58-53)45-30-34-18-5-7-20-36(34)38-22-9-11-24-40(38)45/h1-31H.